The molecular formula is C14H17N5O. The topological polar surface area (TPSA) is 73.1 Å². The minimum atomic E-state index is 0.642. The molecule has 0 unspecified atom stereocenters. The van der Waals surface area contributed by atoms with Crippen molar-refractivity contribution in [3.63, 3.8) is 0 Å². The van der Waals surface area contributed by atoms with E-state index < -0.39 is 0 Å². The number of fused-ring (bicyclic) bond motifs is 1. The number of aryl methyl sites for hydroxylation is 1. The Morgan fingerprint density at radius 3 is 2.95 bits per heavy atom. The number of hydrogen-bond donors (Lipinski definition) is 1. The highest BCUT2D eigenvalue weighted by atomic mass is 16.3. The monoisotopic (exact) mass is 271 g/mol. The van der Waals surface area contributed by atoms with Gasteiger partial charge in [0.1, 0.15) is 5.52 Å². The fourth-order valence-electron chi connectivity index (χ4n) is 2.21. The van der Waals surface area contributed by atoms with Crippen LogP contribution in [0.4, 0.5) is 5.69 Å². The zero-order chi connectivity index (χ0) is 14.1. The highest BCUT2D eigenvalue weighted by Gasteiger charge is 2.09. The summed E-state index contributed by atoms with van der Waals surface area (Å²) in [6.07, 6.45) is 3.87. The molecule has 3 aromatic rings. The van der Waals surface area contributed by atoms with Crippen LogP contribution in [0.25, 0.3) is 11.1 Å². The highest BCUT2D eigenvalue weighted by molar-refractivity contribution is 5.76. The fraction of sp³-hybridized carbons (Fsp3) is 0.286. The van der Waals surface area contributed by atoms with Crippen molar-refractivity contribution in [2.45, 2.75) is 13.1 Å². The van der Waals surface area contributed by atoms with Gasteiger partial charge in [-0.05, 0) is 19.2 Å². The molecule has 2 N–H and O–H groups in total. The van der Waals surface area contributed by atoms with Crippen molar-refractivity contribution in [3.05, 3.63) is 42.0 Å². The second kappa shape index (κ2) is 4.97. The zero-order valence-electron chi connectivity index (χ0n) is 11.6. The molecule has 2 heterocycles. The number of nitrogens with zero attached hydrogens (tertiary/aromatic N) is 4. The van der Waals surface area contributed by atoms with Crippen LogP contribution in [0.15, 0.2) is 35.0 Å². The summed E-state index contributed by atoms with van der Waals surface area (Å²) in [5.41, 5.74) is 9.15. The average molecular weight is 271 g/mol. The van der Waals surface area contributed by atoms with Crippen molar-refractivity contribution in [3.8, 4) is 0 Å². The molecule has 6 nitrogen and oxygen atoms in total. The smallest absolute Gasteiger partial charge is 0.209 e. The normalized spacial score (nSPS) is 11.6. The summed E-state index contributed by atoms with van der Waals surface area (Å²) in [6, 6.07) is 5.50. The molecule has 0 radical (unpaired) electrons. The quantitative estimate of drug-likeness (QED) is 0.732. The Hall–Kier alpha value is -2.34. The minimum absolute atomic E-state index is 0.642. The summed E-state index contributed by atoms with van der Waals surface area (Å²) in [5, 5.41) is 4.16. The van der Waals surface area contributed by atoms with Crippen LogP contribution in [0.2, 0.25) is 0 Å². The van der Waals surface area contributed by atoms with Crippen LogP contribution in [0.3, 0.4) is 0 Å². The Kier molecular flexibility index (Phi) is 3.15. The third kappa shape index (κ3) is 2.65. The third-order valence-electron chi connectivity index (χ3n) is 3.07. The molecule has 0 spiro atoms. The molecule has 104 valence electrons. The largest absolute Gasteiger partial charge is 0.439 e. The van der Waals surface area contributed by atoms with E-state index in [0.717, 1.165) is 23.2 Å². The van der Waals surface area contributed by atoms with Crippen molar-refractivity contribution in [2.24, 2.45) is 7.05 Å². The van der Waals surface area contributed by atoms with Gasteiger partial charge < -0.3 is 10.2 Å². The Balaban J connectivity index is 1.72. The van der Waals surface area contributed by atoms with Gasteiger partial charge in [-0.3, -0.25) is 9.58 Å². The second-order valence-corrected chi connectivity index (χ2v) is 5.03. The molecule has 2 aromatic heterocycles. The van der Waals surface area contributed by atoms with Gasteiger partial charge in [0.25, 0.3) is 0 Å². The Bertz CT molecular complexity index is 730. The van der Waals surface area contributed by atoms with Crippen molar-refractivity contribution >= 4 is 16.8 Å². The maximum absolute atomic E-state index is 5.73. The summed E-state index contributed by atoms with van der Waals surface area (Å²) in [7, 11) is 3.94. The fourth-order valence-corrected chi connectivity index (χ4v) is 2.21. The van der Waals surface area contributed by atoms with Crippen LogP contribution in [0, 0.1) is 0 Å². The Morgan fingerprint density at radius 1 is 1.35 bits per heavy atom. The molecule has 0 saturated heterocycles. The maximum Gasteiger partial charge on any atom is 0.209 e. The van der Waals surface area contributed by atoms with E-state index in [1.54, 1.807) is 10.7 Å². The summed E-state index contributed by atoms with van der Waals surface area (Å²) in [6.45, 7) is 1.44. The zero-order valence-corrected chi connectivity index (χ0v) is 11.6. The van der Waals surface area contributed by atoms with Crippen molar-refractivity contribution < 1.29 is 4.42 Å². The van der Waals surface area contributed by atoms with E-state index in [1.807, 2.05) is 38.6 Å². The van der Waals surface area contributed by atoms with E-state index in [9.17, 15) is 0 Å². The van der Waals surface area contributed by atoms with Crippen molar-refractivity contribution in [2.75, 3.05) is 12.8 Å². The number of oxazole rings is 1. The van der Waals surface area contributed by atoms with Gasteiger partial charge in [-0.2, -0.15) is 5.10 Å². The number of nitrogen functional groups attached to an aromatic ring is 1. The lowest BCUT2D eigenvalue weighted by Gasteiger charge is -2.12. The van der Waals surface area contributed by atoms with Gasteiger partial charge in [-0.25, -0.2) is 4.98 Å². The average Bonchev–Trinajstić information content (AvgIpc) is 2.94. The molecule has 0 fully saturated rings. The molecule has 1 aromatic carbocycles. The van der Waals surface area contributed by atoms with Gasteiger partial charge in [0.05, 0.1) is 12.7 Å². The van der Waals surface area contributed by atoms with E-state index in [2.05, 4.69) is 15.0 Å². The predicted molar refractivity (Wildman–Crippen MR) is 76.8 cm³/mol. The molecule has 0 amide bonds. The van der Waals surface area contributed by atoms with Crippen LogP contribution >= 0.6 is 0 Å². The standard InChI is InChI=1S/C14H17N5O/c1-18(7-10-6-16-19(2)8-10)9-14-17-12-4-3-11(15)5-13(12)20-14/h3-6,8H,7,9,15H2,1-2H3. The van der Waals surface area contributed by atoms with E-state index in [1.165, 1.54) is 0 Å². The van der Waals surface area contributed by atoms with E-state index in [4.69, 9.17) is 10.2 Å². The van der Waals surface area contributed by atoms with Crippen LogP contribution < -0.4 is 5.73 Å². The summed E-state index contributed by atoms with van der Waals surface area (Å²) in [4.78, 5) is 6.59. The lowest BCUT2D eigenvalue weighted by molar-refractivity contribution is 0.285. The molecule has 3 rings (SSSR count). The Labute approximate surface area is 116 Å². The first-order valence-corrected chi connectivity index (χ1v) is 6.41. The molecular weight excluding hydrogens is 254 g/mol. The van der Waals surface area contributed by atoms with E-state index in [-0.39, 0.29) is 0 Å². The van der Waals surface area contributed by atoms with Gasteiger partial charge in [0.2, 0.25) is 5.89 Å². The molecule has 20 heavy (non-hydrogen) atoms. The summed E-state index contributed by atoms with van der Waals surface area (Å²) in [5.74, 6) is 0.692. The van der Waals surface area contributed by atoms with E-state index in [0.29, 0.717) is 18.1 Å². The van der Waals surface area contributed by atoms with Gasteiger partial charge >= 0.3 is 0 Å². The third-order valence-corrected chi connectivity index (χ3v) is 3.07. The van der Waals surface area contributed by atoms with Gasteiger partial charge in [-0.15, -0.1) is 0 Å². The first-order chi connectivity index (χ1) is 9.60. The van der Waals surface area contributed by atoms with Crippen LogP contribution in [0.5, 0.6) is 0 Å². The number of aromatic nitrogens is 3. The van der Waals surface area contributed by atoms with Crippen molar-refractivity contribution in [1.29, 1.82) is 0 Å². The molecule has 0 atom stereocenters. The predicted octanol–water partition coefficient (Wildman–Crippen LogP) is 1.78. The number of nitrogens with two attached hydrogens (primary N) is 1. The second-order valence-electron chi connectivity index (χ2n) is 5.03. The SMILES string of the molecule is CN(Cc1cnn(C)c1)Cc1nc2ccc(N)cc2o1. The first-order valence-electron chi connectivity index (χ1n) is 6.41. The maximum atomic E-state index is 5.73. The molecule has 0 bridgehead atoms. The van der Waals surface area contributed by atoms with Gasteiger partial charge in [-0.1, -0.05) is 0 Å². The molecule has 0 saturated carbocycles. The summed E-state index contributed by atoms with van der Waals surface area (Å²) >= 11 is 0. The van der Waals surface area contributed by atoms with Crippen LogP contribution in [-0.2, 0) is 20.1 Å². The molecule has 0 aliphatic carbocycles. The Morgan fingerprint density at radius 2 is 2.20 bits per heavy atom. The lowest BCUT2D eigenvalue weighted by Crippen LogP contribution is -2.17. The van der Waals surface area contributed by atoms with Gasteiger partial charge in [0, 0.05) is 37.1 Å². The highest BCUT2D eigenvalue weighted by Crippen LogP contribution is 2.19. The van der Waals surface area contributed by atoms with Crippen molar-refractivity contribution in [1.82, 2.24) is 19.7 Å². The van der Waals surface area contributed by atoms with E-state index >= 15 is 0 Å². The van der Waals surface area contributed by atoms with Crippen LogP contribution in [-0.4, -0.2) is 26.7 Å². The lowest BCUT2D eigenvalue weighted by atomic mass is 10.3. The minimum Gasteiger partial charge on any atom is -0.439 e. The number of benzene rings is 1. The molecule has 6 heteroatoms. The first kappa shape index (κ1) is 12.7. The number of anilines is 1. The number of hydrogen-bond acceptors (Lipinski definition) is 5. The molecule has 0 aliphatic heterocycles. The molecule has 0 aliphatic rings. The number of rotatable bonds is 4. The summed E-state index contributed by atoms with van der Waals surface area (Å²) < 4.78 is 7.51. The van der Waals surface area contributed by atoms with Gasteiger partial charge in [0.15, 0.2) is 5.58 Å². The van der Waals surface area contributed by atoms with Crippen LogP contribution in [0.1, 0.15) is 11.5 Å².